The molecule has 1 atom stereocenters. The molecule has 4 aromatic rings. The Bertz CT molecular complexity index is 1210. The third-order valence-electron chi connectivity index (χ3n) is 6.92. The highest BCUT2D eigenvalue weighted by molar-refractivity contribution is 6.30. The van der Waals surface area contributed by atoms with Crippen LogP contribution in [0.1, 0.15) is 40.5 Å². The Kier molecular flexibility index (Phi) is 13.2. The lowest BCUT2D eigenvalue weighted by molar-refractivity contribution is 0.263. The van der Waals surface area contributed by atoms with Crippen LogP contribution in [0.2, 0.25) is 5.02 Å². The van der Waals surface area contributed by atoms with Gasteiger partial charge in [-0.25, -0.2) is 0 Å². The number of pyridine rings is 2. The van der Waals surface area contributed by atoms with Crippen molar-refractivity contribution in [2.75, 3.05) is 32.8 Å². The molecule has 0 aliphatic rings. The van der Waals surface area contributed by atoms with Gasteiger partial charge in [0, 0.05) is 82.4 Å². The maximum Gasteiger partial charge on any atom is 0.0541 e. The third-order valence-corrected chi connectivity index (χ3v) is 7.16. The van der Waals surface area contributed by atoms with E-state index in [1.165, 1.54) is 11.1 Å². The number of aliphatic hydroxyl groups excluding tert-OH is 1. The normalized spacial score (nSPS) is 12.1. The lowest BCUT2D eigenvalue weighted by Gasteiger charge is -2.23. The topological polar surface area (TPSA) is 85.3 Å². The van der Waals surface area contributed by atoms with Crippen LogP contribution in [0.3, 0.4) is 0 Å². The van der Waals surface area contributed by atoms with E-state index in [2.05, 4.69) is 55.1 Å². The first kappa shape index (κ1) is 30.8. The summed E-state index contributed by atoms with van der Waals surface area (Å²) in [5.41, 5.74) is 5.69. The van der Waals surface area contributed by atoms with E-state index in [0.717, 1.165) is 69.3 Å². The molecular weight excluding hydrogens is 532 g/mol. The van der Waals surface area contributed by atoms with Gasteiger partial charge < -0.3 is 21.1 Å². The fourth-order valence-electron chi connectivity index (χ4n) is 4.68. The molecule has 4 N–H and O–H groups in total. The van der Waals surface area contributed by atoms with E-state index in [9.17, 15) is 5.11 Å². The van der Waals surface area contributed by atoms with Crippen LogP contribution in [-0.2, 0) is 26.2 Å². The van der Waals surface area contributed by atoms with Crippen LogP contribution < -0.4 is 16.0 Å². The summed E-state index contributed by atoms with van der Waals surface area (Å²) >= 11 is 6.19. The molecule has 0 bridgehead atoms. The smallest absolute Gasteiger partial charge is 0.0541 e. The molecule has 0 aliphatic heterocycles. The number of rotatable bonds is 18. The molecule has 7 nitrogen and oxygen atoms in total. The number of nitrogens with one attached hydrogen (secondary N) is 3. The van der Waals surface area contributed by atoms with Gasteiger partial charge in [0.25, 0.3) is 0 Å². The van der Waals surface area contributed by atoms with Crippen molar-refractivity contribution in [2.45, 2.75) is 38.6 Å². The molecule has 4 rings (SSSR count). The van der Waals surface area contributed by atoms with E-state index in [0.29, 0.717) is 11.4 Å². The quantitative estimate of drug-likeness (QED) is 0.128. The maximum absolute atomic E-state index is 9.56. The Hall–Kier alpha value is -3.17. The highest BCUT2D eigenvalue weighted by Crippen LogP contribution is 2.21. The Morgan fingerprint density at radius 2 is 1.37 bits per heavy atom. The third kappa shape index (κ3) is 11.3. The minimum absolute atomic E-state index is 0.0473. The predicted octanol–water partition coefficient (Wildman–Crippen LogP) is 4.72. The molecule has 0 saturated heterocycles. The molecular formula is C33H41ClN6O. The molecule has 1 unspecified atom stereocenters. The van der Waals surface area contributed by atoms with Gasteiger partial charge >= 0.3 is 0 Å². The number of benzene rings is 2. The molecule has 2 aromatic heterocycles. The molecule has 0 aliphatic carbocycles. The second-order valence-corrected chi connectivity index (χ2v) is 10.5. The summed E-state index contributed by atoms with van der Waals surface area (Å²) < 4.78 is 0. The molecule has 216 valence electrons. The van der Waals surface area contributed by atoms with Gasteiger partial charge in [-0.2, -0.15) is 0 Å². The first-order valence-corrected chi connectivity index (χ1v) is 14.7. The summed E-state index contributed by atoms with van der Waals surface area (Å²) in [5, 5.41) is 20.9. The van der Waals surface area contributed by atoms with Crippen molar-refractivity contribution in [3.63, 3.8) is 0 Å². The molecule has 2 heterocycles. The van der Waals surface area contributed by atoms with Crippen LogP contribution >= 0.6 is 11.6 Å². The Labute approximate surface area is 249 Å². The van der Waals surface area contributed by atoms with E-state index < -0.39 is 0 Å². The van der Waals surface area contributed by atoms with E-state index in [1.807, 2.05) is 73.1 Å². The van der Waals surface area contributed by atoms with Gasteiger partial charge in [0.1, 0.15) is 0 Å². The van der Waals surface area contributed by atoms with E-state index >= 15 is 0 Å². The van der Waals surface area contributed by atoms with Gasteiger partial charge in [-0.15, -0.1) is 0 Å². The SMILES string of the molecule is OCCC(NCc1ccc(CN(CCNCc2ccccn2)CCNCc2ccccn2)cc1)c1cccc(Cl)c1. The maximum atomic E-state index is 9.56. The minimum Gasteiger partial charge on any atom is -0.396 e. The van der Waals surface area contributed by atoms with Gasteiger partial charge in [0.15, 0.2) is 0 Å². The zero-order valence-electron chi connectivity index (χ0n) is 23.6. The summed E-state index contributed by atoms with van der Waals surface area (Å²) in [7, 11) is 0. The van der Waals surface area contributed by atoms with Crippen molar-refractivity contribution < 1.29 is 5.11 Å². The van der Waals surface area contributed by atoms with E-state index in [4.69, 9.17) is 11.6 Å². The van der Waals surface area contributed by atoms with Crippen LogP contribution in [0.5, 0.6) is 0 Å². The largest absolute Gasteiger partial charge is 0.396 e. The number of halogens is 1. The van der Waals surface area contributed by atoms with Gasteiger partial charge in [0.2, 0.25) is 0 Å². The highest BCUT2D eigenvalue weighted by Gasteiger charge is 2.12. The van der Waals surface area contributed by atoms with Crippen LogP contribution in [0.15, 0.2) is 97.3 Å². The van der Waals surface area contributed by atoms with Crippen LogP contribution in [0, 0.1) is 0 Å². The van der Waals surface area contributed by atoms with Crippen molar-refractivity contribution in [3.05, 3.63) is 130 Å². The van der Waals surface area contributed by atoms with Crippen molar-refractivity contribution in [2.24, 2.45) is 0 Å². The van der Waals surface area contributed by atoms with Crippen molar-refractivity contribution >= 4 is 11.6 Å². The molecule has 0 spiro atoms. The zero-order chi connectivity index (χ0) is 28.5. The first-order valence-electron chi connectivity index (χ1n) is 14.3. The lowest BCUT2D eigenvalue weighted by Crippen LogP contribution is -2.36. The summed E-state index contributed by atoms with van der Waals surface area (Å²) in [6, 6.07) is 28.7. The molecule has 0 saturated carbocycles. The zero-order valence-corrected chi connectivity index (χ0v) is 24.3. The molecule has 41 heavy (non-hydrogen) atoms. The number of aromatic nitrogens is 2. The molecule has 0 fully saturated rings. The average molecular weight is 573 g/mol. The van der Waals surface area contributed by atoms with Gasteiger partial charge in [-0.05, 0) is 59.5 Å². The van der Waals surface area contributed by atoms with Crippen molar-refractivity contribution in [3.8, 4) is 0 Å². The van der Waals surface area contributed by atoms with Gasteiger partial charge in [-0.1, -0.05) is 60.1 Å². The minimum atomic E-state index is 0.0473. The van der Waals surface area contributed by atoms with E-state index in [1.54, 1.807) is 0 Å². The summed E-state index contributed by atoms with van der Waals surface area (Å²) in [4.78, 5) is 11.3. The fraction of sp³-hybridized carbons (Fsp3) is 0.333. The number of hydrogen-bond donors (Lipinski definition) is 4. The first-order chi connectivity index (χ1) is 20.2. The van der Waals surface area contributed by atoms with Crippen LogP contribution in [0.25, 0.3) is 0 Å². The summed E-state index contributed by atoms with van der Waals surface area (Å²) in [6.45, 7) is 6.88. The van der Waals surface area contributed by atoms with Crippen molar-refractivity contribution in [1.82, 2.24) is 30.8 Å². The fourth-order valence-corrected chi connectivity index (χ4v) is 4.88. The average Bonchev–Trinajstić information content (AvgIpc) is 3.01. The number of nitrogens with zero attached hydrogens (tertiary/aromatic N) is 3. The Balaban J connectivity index is 1.28. The van der Waals surface area contributed by atoms with Crippen LogP contribution in [0.4, 0.5) is 0 Å². The van der Waals surface area contributed by atoms with Crippen LogP contribution in [-0.4, -0.2) is 52.8 Å². The number of hydrogen-bond acceptors (Lipinski definition) is 7. The molecule has 0 radical (unpaired) electrons. The Morgan fingerprint density at radius 1 is 0.732 bits per heavy atom. The predicted molar refractivity (Wildman–Crippen MR) is 166 cm³/mol. The number of aliphatic hydroxyl groups is 1. The highest BCUT2D eigenvalue weighted by atomic mass is 35.5. The van der Waals surface area contributed by atoms with E-state index in [-0.39, 0.29) is 12.6 Å². The monoisotopic (exact) mass is 572 g/mol. The second-order valence-electron chi connectivity index (χ2n) is 10.1. The lowest BCUT2D eigenvalue weighted by atomic mass is 10.0. The Morgan fingerprint density at radius 3 is 1.93 bits per heavy atom. The van der Waals surface area contributed by atoms with Gasteiger partial charge in [0.05, 0.1) is 11.4 Å². The van der Waals surface area contributed by atoms with Crippen molar-refractivity contribution in [1.29, 1.82) is 0 Å². The summed E-state index contributed by atoms with van der Waals surface area (Å²) in [5.74, 6) is 0. The summed E-state index contributed by atoms with van der Waals surface area (Å²) in [6.07, 6.45) is 4.30. The standard InChI is InChI=1S/C33H41ClN6O/c34-30-7-5-6-29(22-30)33(14-21-41)39-23-27-10-12-28(13-11-27)26-40(19-17-35-24-31-8-1-3-15-37-31)20-18-36-25-32-9-2-4-16-38-32/h1-13,15-16,22,33,35-36,39,41H,14,17-21,23-26H2. The van der Waals surface area contributed by atoms with Gasteiger partial charge in [-0.3, -0.25) is 14.9 Å². The molecule has 0 amide bonds. The second kappa shape index (κ2) is 17.6. The molecule has 2 aromatic carbocycles. The molecule has 8 heteroatoms.